The minimum Gasteiger partial charge on any atom is -0.350 e. The van der Waals surface area contributed by atoms with Gasteiger partial charge in [-0.1, -0.05) is 50.8 Å². The number of pyridine rings is 1. The van der Waals surface area contributed by atoms with Gasteiger partial charge >= 0.3 is 0 Å². The number of hydrogen-bond acceptors (Lipinski definition) is 6. The Morgan fingerprint density at radius 3 is 2.78 bits per heavy atom. The number of carbonyl (C=O) groups excluding carboxylic acids is 1. The first-order valence-corrected chi connectivity index (χ1v) is 11.8. The third kappa shape index (κ3) is 4.40. The number of aryl methyl sites for hydroxylation is 1. The van der Waals surface area contributed by atoms with Crippen LogP contribution in [-0.2, 0) is 11.3 Å². The van der Waals surface area contributed by atoms with Gasteiger partial charge in [0.2, 0.25) is 11.9 Å². The van der Waals surface area contributed by atoms with Crippen molar-refractivity contribution >= 4 is 34.0 Å². The minimum absolute atomic E-state index is 0.244. The first-order chi connectivity index (χ1) is 17.4. The molecule has 1 amide bonds. The summed E-state index contributed by atoms with van der Waals surface area (Å²) < 4.78 is 1.76. The highest BCUT2D eigenvalue weighted by atomic mass is 16.1. The zero-order chi connectivity index (χ0) is 25.2. The Hall–Kier alpha value is -4.59. The molecule has 0 bridgehead atoms. The summed E-state index contributed by atoms with van der Waals surface area (Å²) in [6, 6.07) is 15.9. The molecule has 180 valence electrons. The summed E-state index contributed by atoms with van der Waals surface area (Å²) in [6.07, 6.45) is 4.90. The Labute approximate surface area is 209 Å². The number of benzene rings is 2. The predicted octanol–water partition coefficient (Wildman–Crippen LogP) is 5.51. The van der Waals surface area contributed by atoms with Crippen LogP contribution in [0.5, 0.6) is 0 Å². The molecular weight excluding hydrogens is 450 g/mol. The molecule has 0 aliphatic heterocycles. The van der Waals surface area contributed by atoms with Gasteiger partial charge in [0, 0.05) is 34.9 Å². The van der Waals surface area contributed by atoms with Gasteiger partial charge in [-0.15, -0.1) is 0 Å². The van der Waals surface area contributed by atoms with Crippen molar-refractivity contribution in [3.05, 3.63) is 90.5 Å². The van der Waals surface area contributed by atoms with E-state index < -0.39 is 0 Å². The summed E-state index contributed by atoms with van der Waals surface area (Å²) in [5, 5.41) is 12.8. The second kappa shape index (κ2) is 9.58. The van der Waals surface area contributed by atoms with Crippen LogP contribution in [-0.4, -0.2) is 30.5 Å². The fourth-order valence-corrected chi connectivity index (χ4v) is 4.27. The van der Waals surface area contributed by atoms with Gasteiger partial charge in [-0.25, -0.2) is 4.98 Å². The molecule has 3 aromatic heterocycles. The summed E-state index contributed by atoms with van der Waals surface area (Å²) in [4.78, 5) is 25.6. The maximum Gasteiger partial charge on any atom is 0.247 e. The van der Waals surface area contributed by atoms with Gasteiger partial charge in [0.15, 0.2) is 5.65 Å². The van der Waals surface area contributed by atoms with E-state index in [2.05, 4.69) is 58.3 Å². The normalized spacial score (nSPS) is 11.2. The minimum atomic E-state index is -0.244. The summed E-state index contributed by atoms with van der Waals surface area (Å²) >= 11 is 0. The standard InChI is InChI=1S/C28H27N7O/c1-5-25(36)34-21-10-11-23-19(14-21)12-13-29-26(23)22-9-7-6-8-20(22)15-30-28-33-18(4)32-27-24(17(2)3)16-31-35(27)28/h5-14,16-17H,1,15H2,2-4H3,(H,34,36)(H,30,32,33). The largest absolute Gasteiger partial charge is 0.350 e. The second-order valence-corrected chi connectivity index (χ2v) is 8.88. The average Bonchev–Trinajstić information content (AvgIpc) is 3.31. The Morgan fingerprint density at radius 1 is 1.14 bits per heavy atom. The SMILES string of the molecule is C=CC(=O)Nc1ccc2c(-c3ccccc3CNc3nc(C)nc4c(C(C)C)cnn34)nccc2c1. The molecule has 0 spiro atoms. The highest BCUT2D eigenvalue weighted by Gasteiger charge is 2.15. The zero-order valence-electron chi connectivity index (χ0n) is 20.5. The van der Waals surface area contributed by atoms with E-state index in [0.717, 1.165) is 38.8 Å². The lowest BCUT2D eigenvalue weighted by Gasteiger charge is -2.14. The molecule has 8 nitrogen and oxygen atoms in total. The lowest BCUT2D eigenvalue weighted by Crippen LogP contribution is -2.11. The monoisotopic (exact) mass is 477 g/mol. The lowest BCUT2D eigenvalue weighted by atomic mass is 9.99. The smallest absolute Gasteiger partial charge is 0.247 e. The summed E-state index contributed by atoms with van der Waals surface area (Å²) in [6.45, 7) is 10.2. The Morgan fingerprint density at radius 2 is 1.97 bits per heavy atom. The predicted molar refractivity (Wildman–Crippen MR) is 143 cm³/mol. The first-order valence-electron chi connectivity index (χ1n) is 11.8. The van der Waals surface area contributed by atoms with Crippen LogP contribution in [0.2, 0.25) is 0 Å². The van der Waals surface area contributed by atoms with E-state index in [-0.39, 0.29) is 5.91 Å². The fraction of sp³-hybridized carbons (Fsp3) is 0.179. The number of hydrogen-bond donors (Lipinski definition) is 2. The maximum absolute atomic E-state index is 11.7. The highest BCUT2D eigenvalue weighted by Crippen LogP contribution is 2.31. The van der Waals surface area contributed by atoms with Gasteiger partial charge in [-0.05, 0) is 48.1 Å². The molecule has 0 atom stereocenters. The van der Waals surface area contributed by atoms with Crippen molar-refractivity contribution in [2.24, 2.45) is 0 Å². The zero-order valence-corrected chi connectivity index (χ0v) is 20.5. The Balaban J connectivity index is 1.49. The first kappa shape index (κ1) is 23.2. The molecule has 0 saturated heterocycles. The number of anilines is 2. The summed E-state index contributed by atoms with van der Waals surface area (Å²) in [5.74, 6) is 1.41. The van der Waals surface area contributed by atoms with Crippen molar-refractivity contribution in [2.75, 3.05) is 10.6 Å². The van der Waals surface area contributed by atoms with Gasteiger partial charge in [0.25, 0.3) is 0 Å². The molecule has 0 saturated carbocycles. The number of aromatic nitrogens is 5. The summed E-state index contributed by atoms with van der Waals surface area (Å²) in [7, 11) is 0. The fourth-order valence-electron chi connectivity index (χ4n) is 4.27. The molecule has 36 heavy (non-hydrogen) atoms. The number of amides is 1. The van der Waals surface area contributed by atoms with E-state index in [1.54, 1.807) is 10.7 Å². The topological polar surface area (TPSA) is 97.1 Å². The van der Waals surface area contributed by atoms with Crippen molar-refractivity contribution in [3.63, 3.8) is 0 Å². The van der Waals surface area contributed by atoms with Crippen LogP contribution in [0.1, 0.15) is 36.7 Å². The van der Waals surface area contributed by atoms with Crippen molar-refractivity contribution < 1.29 is 4.79 Å². The van der Waals surface area contributed by atoms with Crippen LogP contribution >= 0.6 is 0 Å². The summed E-state index contributed by atoms with van der Waals surface area (Å²) in [5.41, 5.74) is 5.58. The van der Waals surface area contributed by atoms with Gasteiger partial charge in [0.1, 0.15) is 5.82 Å². The Bertz CT molecular complexity index is 1600. The molecule has 0 radical (unpaired) electrons. The van der Waals surface area contributed by atoms with Crippen LogP contribution in [0, 0.1) is 6.92 Å². The number of carbonyl (C=O) groups is 1. The third-order valence-corrected chi connectivity index (χ3v) is 6.06. The van der Waals surface area contributed by atoms with Crippen LogP contribution in [0.25, 0.3) is 27.7 Å². The molecule has 0 aliphatic carbocycles. The van der Waals surface area contributed by atoms with Crippen molar-refractivity contribution in [3.8, 4) is 11.3 Å². The maximum atomic E-state index is 11.7. The van der Waals surface area contributed by atoms with Gasteiger partial charge < -0.3 is 10.6 Å². The molecule has 3 heterocycles. The van der Waals surface area contributed by atoms with Crippen LogP contribution < -0.4 is 10.6 Å². The number of nitrogens with one attached hydrogen (secondary N) is 2. The van der Waals surface area contributed by atoms with E-state index in [9.17, 15) is 4.79 Å². The van der Waals surface area contributed by atoms with Gasteiger partial charge in [0.05, 0.1) is 11.9 Å². The third-order valence-electron chi connectivity index (χ3n) is 6.06. The molecule has 0 fully saturated rings. The molecular formula is C28H27N7O. The van der Waals surface area contributed by atoms with E-state index in [1.807, 2.05) is 49.5 Å². The van der Waals surface area contributed by atoms with Crippen LogP contribution in [0.15, 0.2) is 73.6 Å². The Kier molecular flexibility index (Phi) is 6.16. The quantitative estimate of drug-likeness (QED) is 0.300. The second-order valence-electron chi connectivity index (χ2n) is 8.88. The highest BCUT2D eigenvalue weighted by molar-refractivity contribution is 6.02. The van der Waals surface area contributed by atoms with Gasteiger partial charge in [-0.2, -0.15) is 14.6 Å². The molecule has 0 unspecified atom stereocenters. The number of fused-ring (bicyclic) bond motifs is 2. The molecule has 0 aliphatic rings. The van der Waals surface area contributed by atoms with E-state index in [1.165, 1.54) is 6.08 Å². The van der Waals surface area contributed by atoms with Crippen molar-refractivity contribution in [1.82, 2.24) is 24.6 Å². The average molecular weight is 478 g/mol. The van der Waals surface area contributed by atoms with Crippen molar-refractivity contribution in [1.29, 1.82) is 0 Å². The molecule has 5 rings (SSSR count). The van der Waals surface area contributed by atoms with E-state index in [4.69, 9.17) is 4.98 Å². The van der Waals surface area contributed by atoms with Crippen molar-refractivity contribution in [2.45, 2.75) is 33.2 Å². The lowest BCUT2D eigenvalue weighted by molar-refractivity contribution is -0.111. The molecule has 2 aromatic carbocycles. The molecule has 8 heteroatoms. The van der Waals surface area contributed by atoms with E-state index >= 15 is 0 Å². The van der Waals surface area contributed by atoms with Crippen LogP contribution in [0.3, 0.4) is 0 Å². The molecule has 2 N–H and O–H groups in total. The number of nitrogens with zero attached hydrogens (tertiary/aromatic N) is 5. The van der Waals surface area contributed by atoms with Crippen LogP contribution in [0.4, 0.5) is 11.6 Å². The van der Waals surface area contributed by atoms with E-state index in [0.29, 0.717) is 29.9 Å². The molecule has 5 aromatic rings. The number of rotatable bonds is 7. The van der Waals surface area contributed by atoms with Gasteiger partial charge in [-0.3, -0.25) is 9.78 Å².